The summed E-state index contributed by atoms with van der Waals surface area (Å²) in [6.45, 7) is 1.89. The zero-order chi connectivity index (χ0) is 26.4. The van der Waals surface area contributed by atoms with Gasteiger partial charge in [0.05, 0.1) is 39.0 Å². The maximum absolute atomic E-state index is 15.4. The highest BCUT2D eigenvalue weighted by Gasteiger charge is 2.33. The van der Waals surface area contributed by atoms with E-state index in [4.69, 9.17) is 10.5 Å². The Labute approximate surface area is 218 Å². The average molecular weight is 579 g/mol. The molecular weight excluding hydrogens is 554 g/mol. The number of nitrogens with zero attached hydrogens (tertiary/aromatic N) is 2. The number of anilines is 2. The standard InChI is InChI=1S/C25H25BrF2N4O5/c26-21-22-15(6-18(28)23(21)31-8-14(9-31)30-13-1-3-37-4-2-13)24(34)16(25(35)36)10-32(22)20-7-19(29)17(27)5-12(20)11-33/h5-7,10,13-14,30,33H,1-4,8-9,11,29H2,(H,35,36). The van der Waals surface area contributed by atoms with E-state index >= 15 is 4.39 Å². The average Bonchev–Trinajstić information content (AvgIpc) is 2.84. The topological polar surface area (TPSA) is 130 Å². The van der Waals surface area contributed by atoms with E-state index in [0.29, 0.717) is 32.3 Å². The molecule has 0 amide bonds. The highest BCUT2D eigenvalue weighted by atomic mass is 79.9. The Bertz CT molecular complexity index is 1450. The Balaban J connectivity index is 1.63. The fourth-order valence-electron chi connectivity index (χ4n) is 4.97. The summed E-state index contributed by atoms with van der Waals surface area (Å²) in [5, 5.41) is 22.9. The highest BCUT2D eigenvalue weighted by molar-refractivity contribution is 9.10. The number of fused-ring (bicyclic) bond motifs is 1. The number of nitrogens with one attached hydrogen (secondary N) is 1. The van der Waals surface area contributed by atoms with Gasteiger partial charge in [0.1, 0.15) is 17.2 Å². The molecule has 3 aromatic rings. The minimum absolute atomic E-state index is 0.107. The van der Waals surface area contributed by atoms with E-state index in [-0.39, 0.29) is 44.0 Å². The molecule has 0 radical (unpaired) electrons. The van der Waals surface area contributed by atoms with Crippen molar-refractivity contribution in [3.8, 4) is 5.69 Å². The number of nitrogen functional groups attached to an aromatic ring is 1. The SMILES string of the molecule is Nc1cc(-n2cc(C(=O)O)c(=O)c3cc(F)c(N4CC(NC5CCOCC5)C4)c(Br)c32)c(CO)cc1F. The number of nitrogens with two attached hydrogens (primary N) is 1. The molecule has 2 fully saturated rings. The number of carbonyl (C=O) groups is 1. The van der Waals surface area contributed by atoms with Crippen molar-refractivity contribution in [1.29, 1.82) is 0 Å². The molecule has 0 saturated carbocycles. The van der Waals surface area contributed by atoms with Gasteiger partial charge in [-0.15, -0.1) is 0 Å². The number of aliphatic hydroxyl groups excluding tert-OH is 1. The van der Waals surface area contributed by atoms with Crippen molar-refractivity contribution in [2.24, 2.45) is 0 Å². The van der Waals surface area contributed by atoms with Crippen LogP contribution in [0.1, 0.15) is 28.8 Å². The van der Waals surface area contributed by atoms with Gasteiger partial charge in [-0.05, 0) is 47.0 Å². The number of halogens is 3. The first-order valence-electron chi connectivity index (χ1n) is 11.8. The summed E-state index contributed by atoms with van der Waals surface area (Å²) in [7, 11) is 0. The normalized spacial score (nSPS) is 16.8. The van der Waals surface area contributed by atoms with E-state index in [1.807, 2.05) is 4.90 Å². The first-order valence-corrected chi connectivity index (χ1v) is 12.6. The number of aliphatic hydroxyl groups is 1. The van der Waals surface area contributed by atoms with Crippen LogP contribution in [0.5, 0.6) is 0 Å². The lowest BCUT2D eigenvalue weighted by atomic mass is 10.0. The van der Waals surface area contributed by atoms with Gasteiger partial charge in [0, 0.05) is 50.1 Å². The molecule has 9 nitrogen and oxygen atoms in total. The van der Waals surface area contributed by atoms with Crippen LogP contribution in [-0.2, 0) is 11.3 Å². The Morgan fingerprint density at radius 2 is 1.86 bits per heavy atom. The number of hydrogen-bond acceptors (Lipinski definition) is 7. The molecular formula is C25H25BrF2N4O5. The molecule has 2 saturated heterocycles. The maximum atomic E-state index is 15.4. The molecule has 0 spiro atoms. The fourth-order valence-corrected chi connectivity index (χ4v) is 5.82. The smallest absolute Gasteiger partial charge is 0.341 e. The van der Waals surface area contributed by atoms with Crippen LogP contribution in [0, 0.1) is 11.6 Å². The summed E-state index contributed by atoms with van der Waals surface area (Å²) in [6, 6.07) is 3.79. The van der Waals surface area contributed by atoms with Crippen LogP contribution >= 0.6 is 15.9 Å². The van der Waals surface area contributed by atoms with E-state index in [0.717, 1.165) is 31.2 Å². The summed E-state index contributed by atoms with van der Waals surface area (Å²) in [6.07, 6.45) is 2.91. The second-order valence-corrected chi connectivity index (χ2v) is 10.1. The third-order valence-corrected chi connectivity index (χ3v) is 7.66. The maximum Gasteiger partial charge on any atom is 0.341 e. The highest BCUT2D eigenvalue weighted by Crippen LogP contribution is 2.39. The summed E-state index contributed by atoms with van der Waals surface area (Å²) in [5.41, 5.74) is 4.72. The van der Waals surface area contributed by atoms with Gasteiger partial charge in [0.2, 0.25) is 5.43 Å². The van der Waals surface area contributed by atoms with Gasteiger partial charge in [-0.2, -0.15) is 0 Å². The number of aromatic nitrogens is 1. The zero-order valence-electron chi connectivity index (χ0n) is 19.6. The second kappa shape index (κ2) is 10.0. The van der Waals surface area contributed by atoms with Gasteiger partial charge >= 0.3 is 5.97 Å². The number of hydrogen-bond donors (Lipinski definition) is 4. The van der Waals surface area contributed by atoms with Crippen molar-refractivity contribution in [3.63, 3.8) is 0 Å². The van der Waals surface area contributed by atoms with Crippen LogP contribution in [-0.4, -0.2) is 59.1 Å². The molecule has 196 valence electrons. The third kappa shape index (κ3) is 4.58. The first-order chi connectivity index (χ1) is 17.7. The minimum atomic E-state index is -1.51. The summed E-state index contributed by atoms with van der Waals surface area (Å²) >= 11 is 3.46. The largest absolute Gasteiger partial charge is 0.477 e. The molecule has 3 heterocycles. The van der Waals surface area contributed by atoms with Crippen molar-refractivity contribution < 1.29 is 28.5 Å². The van der Waals surface area contributed by atoms with Crippen molar-refractivity contribution >= 4 is 44.2 Å². The number of rotatable bonds is 6. The Hall–Kier alpha value is -3.06. The van der Waals surface area contributed by atoms with Crippen LogP contribution in [0.4, 0.5) is 20.2 Å². The molecule has 2 aromatic carbocycles. The molecule has 2 aliphatic heterocycles. The molecule has 0 aliphatic carbocycles. The van der Waals surface area contributed by atoms with Crippen LogP contribution in [0.15, 0.2) is 33.7 Å². The molecule has 0 unspecified atom stereocenters. The second-order valence-electron chi connectivity index (χ2n) is 9.28. The molecule has 1 aromatic heterocycles. The summed E-state index contributed by atoms with van der Waals surface area (Å²) in [5.74, 6) is -2.95. The first kappa shape index (κ1) is 25.6. The van der Waals surface area contributed by atoms with Crippen LogP contribution in [0.25, 0.3) is 16.6 Å². The van der Waals surface area contributed by atoms with Gasteiger partial charge in [0.15, 0.2) is 0 Å². The quantitative estimate of drug-likeness (QED) is 0.328. The van der Waals surface area contributed by atoms with Crippen LogP contribution < -0.4 is 21.4 Å². The lowest BCUT2D eigenvalue weighted by Crippen LogP contribution is -2.61. The number of pyridine rings is 1. The van der Waals surface area contributed by atoms with Gasteiger partial charge in [-0.1, -0.05) is 0 Å². The molecule has 2 aliphatic rings. The predicted octanol–water partition coefficient (Wildman–Crippen LogP) is 2.76. The minimum Gasteiger partial charge on any atom is -0.477 e. The molecule has 0 atom stereocenters. The van der Waals surface area contributed by atoms with Crippen molar-refractivity contribution in [2.75, 3.05) is 36.9 Å². The van der Waals surface area contributed by atoms with Crippen molar-refractivity contribution in [3.05, 3.63) is 61.9 Å². The number of carboxylic acid groups (broad SMARTS) is 1. The number of ether oxygens (including phenoxy) is 1. The van der Waals surface area contributed by atoms with E-state index in [1.165, 1.54) is 10.6 Å². The number of carboxylic acids is 1. The predicted molar refractivity (Wildman–Crippen MR) is 137 cm³/mol. The fraction of sp³-hybridized carbons (Fsp3) is 0.360. The van der Waals surface area contributed by atoms with E-state index in [1.54, 1.807) is 0 Å². The Morgan fingerprint density at radius 1 is 1.16 bits per heavy atom. The van der Waals surface area contributed by atoms with Crippen LogP contribution in [0.3, 0.4) is 0 Å². The van der Waals surface area contributed by atoms with Gasteiger partial charge in [0.25, 0.3) is 0 Å². The van der Waals surface area contributed by atoms with Crippen molar-refractivity contribution in [1.82, 2.24) is 9.88 Å². The number of aromatic carboxylic acids is 1. The van der Waals surface area contributed by atoms with Crippen molar-refractivity contribution in [2.45, 2.75) is 31.5 Å². The van der Waals surface area contributed by atoms with Crippen LogP contribution in [0.2, 0.25) is 0 Å². The molecule has 37 heavy (non-hydrogen) atoms. The Kier molecular flexibility index (Phi) is 6.92. The van der Waals surface area contributed by atoms with Gasteiger partial charge < -0.3 is 35.5 Å². The monoisotopic (exact) mass is 578 g/mol. The summed E-state index contributed by atoms with van der Waals surface area (Å²) < 4.78 is 36.5. The van der Waals surface area contributed by atoms with E-state index in [2.05, 4.69) is 21.2 Å². The Morgan fingerprint density at radius 3 is 2.51 bits per heavy atom. The zero-order valence-corrected chi connectivity index (χ0v) is 21.2. The summed E-state index contributed by atoms with van der Waals surface area (Å²) in [4.78, 5) is 26.7. The van der Waals surface area contributed by atoms with Gasteiger partial charge in [-0.25, -0.2) is 13.6 Å². The molecule has 12 heteroatoms. The molecule has 5 N–H and O–H groups in total. The number of benzene rings is 2. The molecule has 0 bridgehead atoms. The third-order valence-electron chi connectivity index (χ3n) is 6.91. The van der Waals surface area contributed by atoms with E-state index in [9.17, 15) is 24.2 Å². The van der Waals surface area contributed by atoms with E-state index < -0.39 is 35.2 Å². The molecule has 5 rings (SSSR count). The lowest BCUT2D eigenvalue weighted by Gasteiger charge is -2.44. The lowest BCUT2D eigenvalue weighted by molar-refractivity contribution is 0.0694. The van der Waals surface area contributed by atoms with Gasteiger partial charge in [-0.3, -0.25) is 4.79 Å².